The fourth-order valence-corrected chi connectivity index (χ4v) is 3.91. The number of nitrogen functional groups attached to an aromatic ring is 1. The Morgan fingerprint density at radius 1 is 1.32 bits per heavy atom. The fraction of sp³-hybridized carbons (Fsp3) is 0.222. The Bertz CT molecular complexity index is 1370. The number of carbonyl (C=O) groups excluding carboxylic acids is 1. The first-order valence-corrected chi connectivity index (χ1v) is 11.1. The second-order valence-corrected chi connectivity index (χ2v) is 8.50. The van der Waals surface area contributed by atoms with Crippen LogP contribution >= 0.6 is 0 Å². The van der Waals surface area contributed by atoms with Gasteiger partial charge in [-0.3, -0.25) is 9.79 Å². The van der Waals surface area contributed by atoms with Gasteiger partial charge in [0.1, 0.15) is 11.6 Å². The maximum atomic E-state index is 12.5. The summed E-state index contributed by atoms with van der Waals surface area (Å²) in [5, 5.41) is 13.2. The first-order valence-electron chi connectivity index (χ1n) is 11.1. The number of allylic oxidation sites excluding steroid dienone is 3. The highest BCUT2D eigenvalue weighted by molar-refractivity contribution is 5.98. The first-order chi connectivity index (χ1) is 16.4. The Morgan fingerprint density at radius 2 is 2.09 bits per heavy atom. The summed E-state index contributed by atoms with van der Waals surface area (Å²) in [7, 11) is 0. The molecule has 0 radical (unpaired) electrons. The van der Waals surface area contributed by atoms with E-state index in [1.54, 1.807) is 12.3 Å². The Balaban J connectivity index is 1.63. The van der Waals surface area contributed by atoms with E-state index < -0.39 is 0 Å². The number of aromatic nitrogens is 2. The van der Waals surface area contributed by atoms with E-state index in [0.29, 0.717) is 23.4 Å². The van der Waals surface area contributed by atoms with Gasteiger partial charge >= 0.3 is 0 Å². The van der Waals surface area contributed by atoms with E-state index in [4.69, 9.17) is 11.0 Å². The van der Waals surface area contributed by atoms with Crippen LogP contribution in [0.5, 0.6) is 0 Å². The van der Waals surface area contributed by atoms with Gasteiger partial charge in [0.25, 0.3) is 0 Å². The molecule has 7 nitrogen and oxygen atoms in total. The number of carbonyl (C=O) groups is 1. The van der Waals surface area contributed by atoms with Crippen molar-refractivity contribution in [3.05, 3.63) is 71.6 Å². The third-order valence-electron chi connectivity index (χ3n) is 6.18. The summed E-state index contributed by atoms with van der Waals surface area (Å²) in [6.45, 7) is 7.69. The summed E-state index contributed by atoms with van der Waals surface area (Å²) in [6, 6.07) is 15.7. The van der Waals surface area contributed by atoms with Gasteiger partial charge in [0.2, 0.25) is 5.91 Å². The Hall–Kier alpha value is -4.31. The number of hydrogen-bond donors (Lipinski definition) is 2. The minimum Gasteiger partial charge on any atom is -0.383 e. The fourth-order valence-electron chi connectivity index (χ4n) is 3.91. The number of fused-ring (bicyclic) bond motifs is 1. The molecule has 1 amide bonds. The maximum absolute atomic E-state index is 12.5. The van der Waals surface area contributed by atoms with Gasteiger partial charge < -0.3 is 11.1 Å². The molecule has 0 spiro atoms. The zero-order chi connectivity index (χ0) is 24.2. The molecule has 0 unspecified atom stereocenters. The molecule has 0 saturated heterocycles. The number of benzene rings is 1. The summed E-state index contributed by atoms with van der Waals surface area (Å²) in [4.78, 5) is 25.5. The van der Waals surface area contributed by atoms with Gasteiger partial charge in [0.15, 0.2) is 0 Å². The lowest BCUT2D eigenvalue weighted by Crippen LogP contribution is -2.15. The molecule has 2 atom stereocenters. The molecule has 170 valence electrons. The van der Waals surface area contributed by atoms with Crippen molar-refractivity contribution in [1.82, 2.24) is 9.97 Å². The van der Waals surface area contributed by atoms with Gasteiger partial charge in [-0.15, -0.1) is 0 Å². The van der Waals surface area contributed by atoms with Crippen molar-refractivity contribution in [2.75, 3.05) is 11.1 Å². The molecule has 0 bridgehead atoms. The van der Waals surface area contributed by atoms with E-state index in [1.807, 2.05) is 56.3 Å². The number of nitrogens with zero attached hydrogens (tertiary/aromatic N) is 4. The van der Waals surface area contributed by atoms with Crippen LogP contribution in [0.1, 0.15) is 37.9 Å². The molecule has 7 heteroatoms. The third kappa shape index (κ3) is 4.86. The third-order valence-corrected chi connectivity index (χ3v) is 6.18. The van der Waals surface area contributed by atoms with Crippen LogP contribution in [0, 0.1) is 23.2 Å². The maximum Gasteiger partial charge on any atom is 0.228 e. The predicted molar refractivity (Wildman–Crippen MR) is 137 cm³/mol. The monoisotopic (exact) mass is 450 g/mol. The van der Waals surface area contributed by atoms with E-state index in [-0.39, 0.29) is 17.7 Å². The van der Waals surface area contributed by atoms with Crippen LogP contribution in [-0.4, -0.2) is 22.6 Å². The first kappa shape index (κ1) is 22.9. The lowest BCUT2D eigenvalue weighted by molar-refractivity contribution is -0.117. The highest BCUT2D eigenvalue weighted by Gasteiger charge is 2.42. The minimum atomic E-state index is -0.118. The number of nitrogens with one attached hydrogen (secondary N) is 1. The number of pyridine rings is 2. The summed E-state index contributed by atoms with van der Waals surface area (Å²) < 4.78 is 0. The quantitative estimate of drug-likeness (QED) is 0.377. The number of rotatable bonds is 7. The van der Waals surface area contributed by atoms with Crippen LogP contribution in [0.15, 0.2) is 65.3 Å². The lowest BCUT2D eigenvalue weighted by atomic mass is 10.0. The van der Waals surface area contributed by atoms with E-state index in [1.165, 1.54) is 0 Å². The number of nitriles is 1. The van der Waals surface area contributed by atoms with Gasteiger partial charge in [-0.2, -0.15) is 5.26 Å². The molecule has 1 aliphatic carbocycles. The number of hydrogen-bond acceptors (Lipinski definition) is 6. The van der Waals surface area contributed by atoms with Crippen LogP contribution in [0.25, 0.3) is 22.0 Å². The molecule has 1 saturated carbocycles. The van der Waals surface area contributed by atoms with Crippen LogP contribution in [0.3, 0.4) is 0 Å². The summed E-state index contributed by atoms with van der Waals surface area (Å²) >= 11 is 0. The molecule has 2 heterocycles. The van der Waals surface area contributed by atoms with Crippen LogP contribution in [0.2, 0.25) is 0 Å². The van der Waals surface area contributed by atoms with E-state index >= 15 is 0 Å². The molecule has 0 aliphatic heterocycles. The average Bonchev–Trinajstić information content (AvgIpc) is 3.62. The Morgan fingerprint density at radius 3 is 2.79 bits per heavy atom. The van der Waals surface area contributed by atoms with Crippen LogP contribution < -0.4 is 11.1 Å². The zero-order valence-corrected chi connectivity index (χ0v) is 19.2. The van der Waals surface area contributed by atoms with Crippen molar-refractivity contribution in [3.8, 4) is 6.07 Å². The van der Waals surface area contributed by atoms with Gasteiger partial charge in [0, 0.05) is 29.5 Å². The number of nitrogens with two attached hydrogens (primary N) is 1. The van der Waals surface area contributed by atoms with Crippen molar-refractivity contribution in [3.63, 3.8) is 0 Å². The van der Waals surface area contributed by atoms with Crippen molar-refractivity contribution in [2.24, 2.45) is 16.8 Å². The summed E-state index contributed by atoms with van der Waals surface area (Å²) in [6.07, 6.45) is 4.75. The molecule has 3 N–H and O–H groups in total. The summed E-state index contributed by atoms with van der Waals surface area (Å²) in [5.74, 6) is 0.753. The molecule has 1 aliphatic rings. The average molecular weight is 451 g/mol. The second kappa shape index (κ2) is 9.67. The van der Waals surface area contributed by atoms with E-state index in [9.17, 15) is 4.79 Å². The number of aliphatic imine (C=N–C) groups is 1. The number of anilines is 2. The van der Waals surface area contributed by atoms with Crippen LogP contribution in [0.4, 0.5) is 11.6 Å². The molecule has 3 aromatic rings. The minimum absolute atomic E-state index is 0.100. The Labute approximate surface area is 198 Å². The smallest absolute Gasteiger partial charge is 0.228 e. The lowest BCUT2D eigenvalue weighted by Gasteiger charge is -2.11. The predicted octanol–water partition coefficient (Wildman–Crippen LogP) is 5.24. The van der Waals surface area contributed by atoms with Crippen molar-refractivity contribution >= 4 is 46.3 Å². The topological polar surface area (TPSA) is 117 Å². The van der Waals surface area contributed by atoms with Crippen molar-refractivity contribution in [2.45, 2.75) is 26.7 Å². The van der Waals surface area contributed by atoms with E-state index in [2.05, 4.69) is 33.1 Å². The molecule has 2 aromatic heterocycles. The summed E-state index contributed by atoms with van der Waals surface area (Å²) in [5.41, 5.74) is 10.7. The highest BCUT2D eigenvalue weighted by atomic mass is 16.2. The Kier molecular flexibility index (Phi) is 6.51. The highest BCUT2D eigenvalue weighted by Crippen LogP contribution is 2.41. The number of amides is 1. The second-order valence-electron chi connectivity index (χ2n) is 8.50. The standard InChI is InChI=1S/C27H26N6O/c1-16(11-24(30-3)18-7-5-4-6-8-18)17(2)23-13-20-14-25(31-15-22(20)26(29)32-23)33-27(34)21-12-19(21)9-10-28/h4-8,11,13-15,19,21H,3,9,12H2,1-2H3,(H2,29,32)(H,31,33,34)/b17-16+,24-11-/t19-,21-/m0/s1. The van der Waals surface area contributed by atoms with Gasteiger partial charge in [0.05, 0.1) is 17.5 Å². The van der Waals surface area contributed by atoms with Gasteiger partial charge in [-0.1, -0.05) is 30.3 Å². The molecule has 34 heavy (non-hydrogen) atoms. The molecule has 1 aromatic carbocycles. The van der Waals surface area contributed by atoms with Gasteiger partial charge in [-0.05, 0) is 67.6 Å². The van der Waals surface area contributed by atoms with Crippen molar-refractivity contribution < 1.29 is 4.79 Å². The largest absolute Gasteiger partial charge is 0.383 e. The van der Waals surface area contributed by atoms with Crippen molar-refractivity contribution in [1.29, 1.82) is 5.26 Å². The zero-order valence-electron chi connectivity index (χ0n) is 19.2. The molecule has 4 rings (SSSR count). The molecule has 1 fully saturated rings. The van der Waals surface area contributed by atoms with Gasteiger partial charge in [-0.25, -0.2) is 9.97 Å². The van der Waals surface area contributed by atoms with Crippen LogP contribution in [-0.2, 0) is 4.79 Å². The molecular weight excluding hydrogens is 424 g/mol. The van der Waals surface area contributed by atoms with E-state index in [0.717, 1.165) is 39.9 Å². The molecular formula is C27H26N6O. The normalized spacial score (nSPS) is 18.1. The SMILES string of the molecule is C=N/C(=C\C(C)=C(/C)c1cc2cc(NC(=O)[C@H]3C[C@@H]3CC#N)ncc2c(N)n1)c1ccccc1.